The van der Waals surface area contributed by atoms with Gasteiger partial charge in [-0.2, -0.15) is 0 Å². The highest BCUT2D eigenvalue weighted by molar-refractivity contribution is 5.99. The first-order chi connectivity index (χ1) is 14.6. The van der Waals surface area contributed by atoms with Crippen LogP contribution in [0.2, 0.25) is 0 Å². The molecule has 0 radical (unpaired) electrons. The average Bonchev–Trinajstić information content (AvgIpc) is 2.73. The molecule has 5 atom stereocenters. The number of aliphatic hydroxyl groups is 4. The third kappa shape index (κ3) is 2.92. The van der Waals surface area contributed by atoms with E-state index in [0.717, 1.165) is 12.1 Å². The Kier molecular flexibility index (Phi) is 4.83. The van der Waals surface area contributed by atoms with Gasteiger partial charge in [0, 0.05) is 6.07 Å². The largest absolute Gasteiger partial charge is 0.506 e. The van der Waals surface area contributed by atoms with Gasteiger partial charge in [-0.15, -0.1) is 0 Å². The van der Waals surface area contributed by atoms with Crippen LogP contribution in [0.4, 0.5) is 0 Å². The second-order valence-corrected chi connectivity index (χ2v) is 7.18. The molecule has 1 fully saturated rings. The third-order valence-corrected chi connectivity index (χ3v) is 5.35. The Morgan fingerprint density at radius 3 is 2.13 bits per heavy atom. The maximum absolute atomic E-state index is 13.0. The fraction of sp³-hybridized carbons (Fsp3) is 0.316. The first-order valence-corrected chi connectivity index (χ1v) is 8.98. The lowest BCUT2D eigenvalue weighted by atomic mass is 9.89. The number of hydrogen-bond donors (Lipinski definition) is 9. The first kappa shape index (κ1) is 21.0. The van der Waals surface area contributed by atoms with Crippen LogP contribution in [0, 0.1) is 0 Å². The van der Waals surface area contributed by atoms with E-state index in [1.165, 1.54) is 0 Å². The summed E-state index contributed by atoms with van der Waals surface area (Å²) in [6.45, 7) is -0.794. The van der Waals surface area contributed by atoms with Crippen molar-refractivity contribution in [2.75, 3.05) is 6.61 Å². The lowest BCUT2D eigenvalue weighted by Crippen LogP contribution is -2.55. The Morgan fingerprint density at radius 1 is 0.839 bits per heavy atom. The predicted molar refractivity (Wildman–Crippen MR) is 101 cm³/mol. The van der Waals surface area contributed by atoms with Crippen molar-refractivity contribution in [1.82, 2.24) is 0 Å². The zero-order valence-electron chi connectivity index (χ0n) is 15.5. The minimum absolute atomic E-state index is 0.275. The molecular weight excluding hydrogens is 420 g/mol. The topological polar surface area (TPSA) is 222 Å². The molecule has 166 valence electrons. The van der Waals surface area contributed by atoms with Gasteiger partial charge in [-0.25, -0.2) is 0 Å². The van der Waals surface area contributed by atoms with Gasteiger partial charge >= 0.3 is 0 Å². The van der Waals surface area contributed by atoms with Crippen molar-refractivity contribution in [2.24, 2.45) is 0 Å². The number of phenolic OH excluding ortho intramolecular Hbond substituents is 5. The number of benzene rings is 2. The molecular formula is C19H18O12. The molecule has 0 saturated carbocycles. The van der Waals surface area contributed by atoms with Gasteiger partial charge in [0.05, 0.1) is 17.6 Å². The molecule has 2 unspecified atom stereocenters. The van der Waals surface area contributed by atoms with Crippen molar-refractivity contribution in [3.05, 3.63) is 27.9 Å². The van der Waals surface area contributed by atoms with Gasteiger partial charge in [0.15, 0.2) is 22.8 Å². The van der Waals surface area contributed by atoms with Crippen LogP contribution in [-0.2, 0) is 4.74 Å². The van der Waals surface area contributed by atoms with Crippen LogP contribution in [0.3, 0.4) is 0 Å². The average molecular weight is 438 g/mol. The summed E-state index contributed by atoms with van der Waals surface area (Å²) in [6, 6.07) is 1.76. The Morgan fingerprint density at radius 2 is 1.48 bits per heavy atom. The van der Waals surface area contributed by atoms with Crippen LogP contribution in [0.1, 0.15) is 11.7 Å². The van der Waals surface area contributed by atoms with Crippen LogP contribution in [0.15, 0.2) is 21.3 Å². The van der Waals surface area contributed by atoms with Gasteiger partial charge in [0.25, 0.3) is 0 Å². The number of aliphatic hydroxyl groups excluding tert-OH is 4. The van der Waals surface area contributed by atoms with Crippen molar-refractivity contribution in [3.63, 3.8) is 0 Å². The van der Waals surface area contributed by atoms with E-state index in [4.69, 9.17) is 9.15 Å². The zero-order chi connectivity index (χ0) is 22.8. The zero-order valence-corrected chi connectivity index (χ0v) is 15.5. The number of ether oxygens (including phenoxy) is 1. The molecule has 2 aromatic carbocycles. The molecule has 0 aliphatic carbocycles. The minimum Gasteiger partial charge on any atom is -0.506 e. The van der Waals surface area contributed by atoms with Crippen LogP contribution >= 0.6 is 0 Å². The van der Waals surface area contributed by atoms with E-state index in [9.17, 15) is 50.8 Å². The molecule has 31 heavy (non-hydrogen) atoms. The highest BCUT2D eigenvalue weighted by Gasteiger charge is 2.46. The normalized spacial score (nSPS) is 26.5. The molecule has 0 bridgehead atoms. The highest BCUT2D eigenvalue weighted by atomic mass is 16.5. The maximum Gasteiger partial charge on any atom is 0.204 e. The lowest BCUT2D eigenvalue weighted by molar-refractivity contribution is -0.232. The molecule has 0 spiro atoms. The molecule has 1 saturated heterocycles. The van der Waals surface area contributed by atoms with Gasteiger partial charge < -0.3 is 55.1 Å². The monoisotopic (exact) mass is 438 g/mol. The van der Waals surface area contributed by atoms with Crippen molar-refractivity contribution in [2.45, 2.75) is 30.5 Å². The van der Waals surface area contributed by atoms with Gasteiger partial charge in [0.2, 0.25) is 11.2 Å². The molecule has 4 rings (SSSR count). The summed E-state index contributed by atoms with van der Waals surface area (Å²) in [5.41, 5.74) is -2.60. The van der Waals surface area contributed by atoms with Crippen LogP contribution < -0.4 is 5.43 Å². The summed E-state index contributed by atoms with van der Waals surface area (Å²) in [4.78, 5) is 13.0. The second-order valence-electron chi connectivity index (χ2n) is 7.18. The van der Waals surface area contributed by atoms with Gasteiger partial charge in [-0.05, 0) is 6.07 Å². The van der Waals surface area contributed by atoms with Crippen LogP contribution in [0.5, 0.6) is 28.7 Å². The fourth-order valence-corrected chi connectivity index (χ4v) is 3.69. The van der Waals surface area contributed by atoms with Crippen molar-refractivity contribution < 1.29 is 55.1 Å². The van der Waals surface area contributed by atoms with E-state index in [2.05, 4.69) is 0 Å². The molecule has 1 aliphatic rings. The van der Waals surface area contributed by atoms with Gasteiger partial charge in [-0.3, -0.25) is 4.79 Å². The Bertz CT molecular complexity index is 1250. The quantitative estimate of drug-likeness (QED) is 0.133. The number of phenols is 5. The van der Waals surface area contributed by atoms with Crippen molar-refractivity contribution in [3.8, 4) is 28.7 Å². The highest BCUT2D eigenvalue weighted by Crippen LogP contribution is 2.50. The van der Waals surface area contributed by atoms with E-state index in [1.807, 2.05) is 0 Å². The predicted octanol–water partition coefficient (Wildman–Crippen LogP) is -1.01. The van der Waals surface area contributed by atoms with Crippen LogP contribution in [-0.4, -0.2) is 77.0 Å². The molecule has 9 N–H and O–H groups in total. The Balaban J connectivity index is 2.04. The summed E-state index contributed by atoms with van der Waals surface area (Å²) < 4.78 is 10.6. The maximum atomic E-state index is 13.0. The summed E-state index contributed by atoms with van der Waals surface area (Å²) in [5.74, 6) is -4.33. The molecule has 12 nitrogen and oxygen atoms in total. The summed E-state index contributed by atoms with van der Waals surface area (Å²) in [6.07, 6.45) is -8.68. The number of hydrogen-bond acceptors (Lipinski definition) is 12. The fourth-order valence-electron chi connectivity index (χ4n) is 3.69. The number of aromatic hydroxyl groups is 5. The Labute approximate surface area is 171 Å². The van der Waals surface area contributed by atoms with E-state index in [-0.39, 0.29) is 11.0 Å². The van der Waals surface area contributed by atoms with Gasteiger partial charge in [0.1, 0.15) is 47.2 Å². The smallest absolute Gasteiger partial charge is 0.204 e. The standard InChI is InChI=1S/C19H18O12/c20-3-8-12(24)15(27)17(29)19(31-8)10-13(25)9-11(23)4-1-5(21)6(22)2-7(4)30-18(9)16(28)14(10)26/h1-2,8,12,15,17,19-22,24-29H,3H2/t8?,12-,15-,17?,19+/m1/s1. The minimum atomic E-state index is -1.93. The van der Waals surface area contributed by atoms with E-state index in [1.54, 1.807) is 0 Å². The number of fused-ring (bicyclic) bond motifs is 2. The van der Waals surface area contributed by atoms with Crippen LogP contribution in [0.25, 0.3) is 21.9 Å². The second kappa shape index (κ2) is 7.14. The molecule has 0 amide bonds. The molecule has 1 aliphatic heterocycles. The van der Waals surface area contributed by atoms with Crippen molar-refractivity contribution >= 4 is 21.9 Å². The lowest BCUT2D eigenvalue weighted by Gasteiger charge is -2.40. The summed E-state index contributed by atoms with van der Waals surface area (Å²) >= 11 is 0. The molecule has 3 aromatic rings. The first-order valence-electron chi connectivity index (χ1n) is 8.98. The van der Waals surface area contributed by atoms with E-state index in [0.29, 0.717) is 0 Å². The third-order valence-electron chi connectivity index (χ3n) is 5.35. The molecule has 2 heterocycles. The molecule has 12 heteroatoms. The number of rotatable bonds is 2. The van der Waals surface area contributed by atoms with Crippen molar-refractivity contribution in [1.29, 1.82) is 0 Å². The summed E-state index contributed by atoms with van der Waals surface area (Å²) in [5, 5.41) is 89.6. The molecule has 1 aromatic heterocycles. The Hall–Kier alpha value is -3.29. The van der Waals surface area contributed by atoms with E-state index >= 15 is 0 Å². The van der Waals surface area contributed by atoms with E-state index < -0.39 is 87.8 Å². The SMILES string of the molecule is O=c1c2cc(O)c(O)cc2oc2c(O)c(O)c([C@@H]3OC(CO)[C@@H](O)[C@@H](O)C3O)c(O)c12. The van der Waals surface area contributed by atoms with Gasteiger partial charge in [-0.1, -0.05) is 0 Å². The summed E-state index contributed by atoms with van der Waals surface area (Å²) in [7, 11) is 0.